The molecule has 1 aromatic heterocycles. The van der Waals surface area contributed by atoms with Crippen LogP contribution in [-0.4, -0.2) is 18.1 Å². The van der Waals surface area contributed by atoms with Gasteiger partial charge in [-0.05, 0) is 71.7 Å². The molecule has 2 atom stereocenters. The SMILES string of the molecule is CCNCC1CCCC1Cc1cncc(Br)c1. The Labute approximate surface area is 112 Å². The summed E-state index contributed by atoms with van der Waals surface area (Å²) in [6.45, 7) is 4.45. The third-order valence-corrected chi connectivity index (χ3v) is 4.17. The first-order valence-corrected chi connectivity index (χ1v) is 7.39. The maximum absolute atomic E-state index is 4.25. The largest absolute Gasteiger partial charge is 0.317 e. The molecule has 1 aliphatic carbocycles. The average molecular weight is 297 g/mol. The minimum Gasteiger partial charge on any atom is -0.317 e. The molecule has 1 N–H and O–H groups in total. The number of hydrogen-bond acceptors (Lipinski definition) is 2. The maximum Gasteiger partial charge on any atom is 0.0410 e. The van der Waals surface area contributed by atoms with Gasteiger partial charge in [-0.1, -0.05) is 13.3 Å². The number of nitrogens with one attached hydrogen (secondary N) is 1. The number of halogens is 1. The highest BCUT2D eigenvalue weighted by atomic mass is 79.9. The molecule has 2 rings (SSSR count). The first kappa shape index (κ1) is 13.0. The predicted molar refractivity (Wildman–Crippen MR) is 75.0 cm³/mol. The van der Waals surface area contributed by atoms with Crippen LogP contribution in [0.3, 0.4) is 0 Å². The second kappa shape index (κ2) is 6.50. The molecule has 0 aromatic carbocycles. The molecular weight excluding hydrogens is 276 g/mol. The molecule has 2 nitrogen and oxygen atoms in total. The highest BCUT2D eigenvalue weighted by Crippen LogP contribution is 2.34. The fraction of sp³-hybridized carbons (Fsp3) is 0.643. The molecule has 2 unspecified atom stereocenters. The molecule has 1 heterocycles. The lowest BCUT2D eigenvalue weighted by Crippen LogP contribution is -2.25. The Morgan fingerprint density at radius 2 is 2.18 bits per heavy atom. The number of hydrogen-bond donors (Lipinski definition) is 1. The quantitative estimate of drug-likeness (QED) is 0.901. The zero-order valence-electron chi connectivity index (χ0n) is 10.5. The summed E-state index contributed by atoms with van der Waals surface area (Å²) in [6, 6.07) is 2.20. The van der Waals surface area contributed by atoms with Gasteiger partial charge in [0.25, 0.3) is 0 Å². The van der Waals surface area contributed by atoms with Crippen molar-refractivity contribution >= 4 is 15.9 Å². The lowest BCUT2D eigenvalue weighted by Gasteiger charge is -2.19. The van der Waals surface area contributed by atoms with Gasteiger partial charge in [0.15, 0.2) is 0 Å². The maximum atomic E-state index is 4.25. The van der Waals surface area contributed by atoms with Crippen LogP contribution in [0.15, 0.2) is 22.9 Å². The highest BCUT2D eigenvalue weighted by molar-refractivity contribution is 9.10. The zero-order chi connectivity index (χ0) is 12.1. The summed E-state index contributed by atoms with van der Waals surface area (Å²) < 4.78 is 1.09. The van der Waals surface area contributed by atoms with Gasteiger partial charge in [-0.2, -0.15) is 0 Å². The average Bonchev–Trinajstić information content (AvgIpc) is 2.74. The van der Waals surface area contributed by atoms with Crippen molar-refractivity contribution in [3.8, 4) is 0 Å². The number of pyridine rings is 1. The molecule has 0 amide bonds. The third-order valence-electron chi connectivity index (χ3n) is 3.73. The first-order valence-electron chi connectivity index (χ1n) is 6.59. The zero-order valence-corrected chi connectivity index (χ0v) is 12.0. The molecule has 0 aliphatic heterocycles. The van der Waals surface area contributed by atoms with E-state index in [9.17, 15) is 0 Å². The Hall–Kier alpha value is -0.410. The van der Waals surface area contributed by atoms with Crippen LogP contribution in [0.5, 0.6) is 0 Å². The van der Waals surface area contributed by atoms with Crippen LogP contribution in [0.4, 0.5) is 0 Å². The van der Waals surface area contributed by atoms with E-state index in [1.54, 1.807) is 0 Å². The van der Waals surface area contributed by atoms with E-state index in [1.165, 1.54) is 37.8 Å². The second-order valence-electron chi connectivity index (χ2n) is 4.97. The molecule has 0 bridgehead atoms. The lowest BCUT2D eigenvalue weighted by atomic mass is 9.90. The third kappa shape index (κ3) is 3.78. The van der Waals surface area contributed by atoms with Gasteiger partial charge in [0.05, 0.1) is 0 Å². The fourth-order valence-electron chi connectivity index (χ4n) is 2.85. The van der Waals surface area contributed by atoms with Crippen LogP contribution >= 0.6 is 15.9 Å². The van der Waals surface area contributed by atoms with Gasteiger partial charge in [0.1, 0.15) is 0 Å². The predicted octanol–water partition coefficient (Wildman–Crippen LogP) is 3.41. The van der Waals surface area contributed by atoms with E-state index in [0.717, 1.165) is 22.9 Å². The van der Waals surface area contributed by atoms with Gasteiger partial charge < -0.3 is 5.32 Å². The van der Waals surface area contributed by atoms with Crippen LogP contribution in [0.2, 0.25) is 0 Å². The summed E-state index contributed by atoms with van der Waals surface area (Å²) in [7, 11) is 0. The van der Waals surface area contributed by atoms with Crippen LogP contribution in [0.25, 0.3) is 0 Å². The Morgan fingerprint density at radius 3 is 2.94 bits per heavy atom. The van der Waals surface area contributed by atoms with Crippen molar-refractivity contribution in [1.82, 2.24) is 10.3 Å². The molecule has 1 saturated carbocycles. The second-order valence-corrected chi connectivity index (χ2v) is 5.89. The van der Waals surface area contributed by atoms with E-state index in [2.05, 4.69) is 39.2 Å². The van der Waals surface area contributed by atoms with Crippen LogP contribution in [-0.2, 0) is 6.42 Å². The summed E-state index contributed by atoms with van der Waals surface area (Å²) in [4.78, 5) is 4.25. The standard InChI is InChI=1S/C14H21BrN2/c1-2-16-9-13-5-3-4-12(13)6-11-7-14(15)10-17-8-11/h7-8,10,12-13,16H,2-6,9H2,1H3. The van der Waals surface area contributed by atoms with Crippen molar-refractivity contribution in [2.24, 2.45) is 11.8 Å². The Kier molecular flexibility index (Phi) is 4.99. The number of rotatable bonds is 5. The minimum absolute atomic E-state index is 0.838. The molecule has 1 aromatic rings. The Morgan fingerprint density at radius 1 is 1.35 bits per heavy atom. The van der Waals surface area contributed by atoms with Gasteiger partial charge in [-0.25, -0.2) is 0 Å². The van der Waals surface area contributed by atoms with Gasteiger partial charge in [-0.3, -0.25) is 4.98 Å². The summed E-state index contributed by atoms with van der Waals surface area (Å²) >= 11 is 3.49. The van der Waals surface area contributed by atoms with Gasteiger partial charge in [0.2, 0.25) is 0 Å². The molecule has 17 heavy (non-hydrogen) atoms. The molecule has 0 spiro atoms. The van der Waals surface area contributed by atoms with E-state index in [1.807, 2.05) is 12.4 Å². The Bertz CT molecular complexity index is 354. The molecule has 0 radical (unpaired) electrons. The van der Waals surface area contributed by atoms with Crippen molar-refractivity contribution in [3.63, 3.8) is 0 Å². The van der Waals surface area contributed by atoms with Crippen molar-refractivity contribution in [3.05, 3.63) is 28.5 Å². The summed E-state index contributed by atoms with van der Waals surface area (Å²) in [5.74, 6) is 1.69. The van der Waals surface area contributed by atoms with Crippen LogP contribution in [0.1, 0.15) is 31.7 Å². The van der Waals surface area contributed by atoms with Gasteiger partial charge >= 0.3 is 0 Å². The minimum atomic E-state index is 0.838. The van der Waals surface area contributed by atoms with Gasteiger partial charge in [0, 0.05) is 16.9 Å². The van der Waals surface area contributed by atoms with Gasteiger partial charge in [-0.15, -0.1) is 0 Å². The van der Waals surface area contributed by atoms with E-state index in [0.29, 0.717) is 0 Å². The topological polar surface area (TPSA) is 24.9 Å². The molecule has 0 saturated heterocycles. The highest BCUT2D eigenvalue weighted by Gasteiger charge is 2.26. The van der Waals surface area contributed by atoms with Crippen molar-refractivity contribution in [2.45, 2.75) is 32.6 Å². The van der Waals surface area contributed by atoms with Crippen molar-refractivity contribution in [1.29, 1.82) is 0 Å². The van der Waals surface area contributed by atoms with E-state index >= 15 is 0 Å². The van der Waals surface area contributed by atoms with Crippen LogP contribution in [0, 0.1) is 11.8 Å². The lowest BCUT2D eigenvalue weighted by molar-refractivity contribution is 0.368. The van der Waals surface area contributed by atoms with Crippen LogP contribution < -0.4 is 5.32 Å². The molecule has 94 valence electrons. The Balaban J connectivity index is 1.93. The molecule has 3 heteroatoms. The summed E-state index contributed by atoms with van der Waals surface area (Å²) in [5.41, 5.74) is 1.37. The first-order chi connectivity index (χ1) is 8.29. The van der Waals surface area contributed by atoms with E-state index in [-0.39, 0.29) is 0 Å². The number of aromatic nitrogens is 1. The van der Waals surface area contributed by atoms with E-state index in [4.69, 9.17) is 0 Å². The monoisotopic (exact) mass is 296 g/mol. The summed E-state index contributed by atoms with van der Waals surface area (Å²) in [6.07, 6.45) is 9.20. The van der Waals surface area contributed by atoms with Crippen molar-refractivity contribution < 1.29 is 0 Å². The summed E-state index contributed by atoms with van der Waals surface area (Å²) in [5, 5.41) is 3.49. The fourth-order valence-corrected chi connectivity index (χ4v) is 3.26. The molecule has 1 fully saturated rings. The number of nitrogens with zero attached hydrogens (tertiary/aromatic N) is 1. The van der Waals surface area contributed by atoms with E-state index < -0.39 is 0 Å². The molecule has 1 aliphatic rings. The normalized spacial score (nSPS) is 24.1. The van der Waals surface area contributed by atoms with Crippen molar-refractivity contribution in [2.75, 3.05) is 13.1 Å². The molecular formula is C14H21BrN2. The smallest absolute Gasteiger partial charge is 0.0410 e.